The minimum atomic E-state index is 1.05. The third kappa shape index (κ3) is 3.89. The molecule has 0 aliphatic heterocycles. The highest BCUT2D eigenvalue weighted by Gasteiger charge is 1.97. The molecule has 0 radical (unpaired) electrons. The number of rotatable bonds is 4. The van der Waals surface area contributed by atoms with Crippen molar-refractivity contribution in [1.82, 2.24) is 4.90 Å². The van der Waals surface area contributed by atoms with E-state index in [9.17, 15) is 0 Å². The van der Waals surface area contributed by atoms with E-state index in [0.29, 0.717) is 0 Å². The summed E-state index contributed by atoms with van der Waals surface area (Å²) >= 11 is 0. The second-order valence-electron chi connectivity index (χ2n) is 3.51. The second-order valence-corrected chi connectivity index (χ2v) is 4.09. The molecule has 0 spiro atoms. The van der Waals surface area contributed by atoms with Crippen LogP contribution in [0, 0.1) is 6.92 Å². The lowest BCUT2D eigenvalue weighted by molar-refractivity contribution is 0.348. The van der Waals surface area contributed by atoms with Crippen LogP contribution in [0.15, 0.2) is 24.3 Å². The highest BCUT2D eigenvalue weighted by atomic mass is 31.0. The Morgan fingerprint density at radius 3 is 2.38 bits per heavy atom. The summed E-state index contributed by atoms with van der Waals surface area (Å²) in [5.74, 6) is 0. The molecule has 1 rings (SSSR count). The first kappa shape index (κ1) is 10.7. The first-order chi connectivity index (χ1) is 6.22. The third-order valence-corrected chi connectivity index (χ3v) is 2.34. The van der Waals surface area contributed by atoms with Crippen LogP contribution in [-0.4, -0.2) is 24.7 Å². The summed E-state index contributed by atoms with van der Waals surface area (Å²) in [7, 11) is 4.91. The first-order valence-electron chi connectivity index (χ1n) is 4.66. The molecule has 0 saturated heterocycles. The molecule has 1 atom stereocenters. The van der Waals surface area contributed by atoms with Crippen LogP contribution in [0.25, 0.3) is 0 Å². The summed E-state index contributed by atoms with van der Waals surface area (Å²) in [5.41, 5.74) is 2.73. The average molecular weight is 195 g/mol. The molecule has 1 unspecified atom stereocenters. The van der Waals surface area contributed by atoms with E-state index in [4.69, 9.17) is 0 Å². The van der Waals surface area contributed by atoms with Crippen LogP contribution in [0.3, 0.4) is 0 Å². The third-order valence-electron chi connectivity index (χ3n) is 2.08. The van der Waals surface area contributed by atoms with Crippen LogP contribution in [0.4, 0.5) is 0 Å². The Labute approximate surface area is 83.3 Å². The smallest absolute Gasteiger partial charge is 0.0230 e. The van der Waals surface area contributed by atoms with Crippen molar-refractivity contribution in [2.75, 3.05) is 19.8 Å². The lowest BCUT2D eigenvalue weighted by Gasteiger charge is -2.15. The van der Waals surface area contributed by atoms with Crippen LogP contribution in [0.5, 0.6) is 0 Å². The fraction of sp³-hybridized carbons (Fsp3) is 0.455. The summed E-state index contributed by atoms with van der Waals surface area (Å²) in [6, 6.07) is 8.75. The van der Waals surface area contributed by atoms with Gasteiger partial charge in [0.25, 0.3) is 0 Å². The van der Waals surface area contributed by atoms with Crippen LogP contribution in [0.2, 0.25) is 0 Å². The molecule has 0 bridgehead atoms. The number of hydrogen-bond donors (Lipinski definition) is 0. The normalized spacial score (nSPS) is 10.8. The van der Waals surface area contributed by atoms with Gasteiger partial charge in [-0.3, -0.25) is 0 Å². The average Bonchev–Trinajstić information content (AvgIpc) is 2.09. The molecule has 1 aromatic carbocycles. The van der Waals surface area contributed by atoms with Crippen molar-refractivity contribution in [1.29, 1.82) is 0 Å². The molecule has 1 aromatic rings. The minimum absolute atomic E-state index is 1.05. The Morgan fingerprint density at radius 2 is 1.85 bits per heavy atom. The molecule has 0 aliphatic rings. The van der Waals surface area contributed by atoms with E-state index in [2.05, 4.69) is 52.4 Å². The Bertz CT molecular complexity index is 243. The minimum Gasteiger partial charge on any atom is -0.302 e. The second kappa shape index (κ2) is 5.36. The predicted octanol–water partition coefficient (Wildman–Crippen LogP) is 2.30. The molecular weight excluding hydrogens is 177 g/mol. The standard InChI is InChI=1S/C11H18NP/c1-10-3-5-11(6-4-10)9-12(2)7-8-13/h3-6H,7-9,13H2,1-2H3. The van der Waals surface area contributed by atoms with Crippen molar-refractivity contribution in [3.63, 3.8) is 0 Å². The molecule has 0 N–H and O–H groups in total. The summed E-state index contributed by atoms with van der Waals surface area (Å²) in [5, 5.41) is 0. The number of nitrogens with zero attached hydrogens (tertiary/aromatic N) is 1. The Kier molecular flexibility index (Phi) is 4.41. The van der Waals surface area contributed by atoms with Crippen molar-refractivity contribution in [2.45, 2.75) is 13.5 Å². The fourth-order valence-corrected chi connectivity index (χ4v) is 1.75. The van der Waals surface area contributed by atoms with Crippen molar-refractivity contribution >= 4 is 9.24 Å². The zero-order chi connectivity index (χ0) is 9.68. The molecule has 0 heterocycles. The van der Waals surface area contributed by atoms with Gasteiger partial charge >= 0.3 is 0 Å². The van der Waals surface area contributed by atoms with E-state index in [1.54, 1.807) is 0 Å². The van der Waals surface area contributed by atoms with Gasteiger partial charge in [-0.2, -0.15) is 0 Å². The summed E-state index contributed by atoms with van der Waals surface area (Å²) < 4.78 is 0. The van der Waals surface area contributed by atoms with Gasteiger partial charge in [-0.25, -0.2) is 0 Å². The maximum Gasteiger partial charge on any atom is 0.0230 e. The topological polar surface area (TPSA) is 3.24 Å². The highest BCUT2D eigenvalue weighted by molar-refractivity contribution is 7.16. The number of hydrogen-bond acceptors (Lipinski definition) is 1. The molecule has 13 heavy (non-hydrogen) atoms. The zero-order valence-corrected chi connectivity index (χ0v) is 9.61. The van der Waals surface area contributed by atoms with E-state index in [1.165, 1.54) is 11.1 Å². The molecule has 0 aliphatic carbocycles. The largest absolute Gasteiger partial charge is 0.302 e. The molecule has 0 aromatic heterocycles. The maximum absolute atomic E-state index is 2.76. The Morgan fingerprint density at radius 1 is 1.23 bits per heavy atom. The molecule has 1 nitrogen and oxygen atoms in total. The van der Waals surface area contributed by atoms with Gasteiger partial charge in [0.15, 0.2) is 0 Å². The van der Waals surface area contributed by atoms with E-state index >= 15 is 0 Å². The van der Waals surface area contributed by atoms with E-state index in [-0.39, 0.29) is 0 Å². The molecule has 2 heteroatoms. The van der Waals surface area contributed by atoms with Gasteiger partial charge in [0.1, 0.15) is 0 Å². The predicted molar refractivity (Wildman–Crippen MR) is 62.1 cm³/mol. The molecule has 0 amide bonds. The van der Waals surface area contributed by atoms with Gasteiger partial charge in [0.2, 0.25) is 0 Å². The number of benzene rings is 1. The molecule has 0 fully saturated rings. The zero-order valence-electron chi connectivity index (χ0n) is 8.46. The van der Waals surface area contributed by atoms with E-state index in [0.717, 1.165) is 19.3 Å². The van der Waals surface area contributed by atoms with Crippen molar-refractivity contribution in [3.8, 4) is 0 Å². The van der Waals surface area contributed by atoms with Gasteiger partial charge in [0.05, 0.1) is 0 Å². The fourth-order valence-electron chi connectivity index (χ4n) is 1.30. The van der Waals surface area contributed by atoms with Gasteiger partial charge in [0, 0.05) is 13.1 Å². The summed E-state index contributed by atoms with van der Waals surface area (Å²) in [4.78, 5) is 2.33. The monoisotopic (exact) mass is 195 g/mol. The van der Waals surface area contributed by atoms with Gasteiger partial charge in [-0.15, -0.1) is 9.24 Å². The SMILES string of the molecule is Cc1ccc(CN(C)CCP)cc1. The van der Waals surface area contributed by atoms with Crippen molar-refractivity contribution < 1.29 is 0 Å². The highest BCUT2D eigenvalue weighted by Crippen LogP contribution is 2.05. The Balaban J connectivity index is 2.49. The van der Waals surface area contributed by atoms with E-state index < -0.39 is 0 Å². The van der Waals surface area contributed by atoms with Gasteiger partial charge in [-0.05, 0) is 25.7 Å². The van der Waals surface area contributed by atoms with Crippen LogP contribution < -0.4 is 0 Å². The molecule has 0 saturated carbocycles. The number of aryl methyl sites for hydroxylation is 1. The van der Waals surface area contributed by atoms with Crippen LogP contribution in [-0.2, 0) is 6.54 Å². The quantitative estimate of drug-likeness (QED) is 0.666. The van der Waals surface area contributed by atoms with Gasteiger partial charge < -0.3 is 4.90 Å². The van der Waals surface area contributed by atoms with Crippen molar-refractivity contribution in [3.05, 3.63) is 35.4 Å². The lowest BCUT2D eigenvalue weighted by atomic mass is 10.1. The lowest BCUT2D eigenvalue weighted by Crippen LogP contribution is -2.19. The summed E-state index contributed by atoms with van der Waals surface area (Å²) in [6.07, 6.45) is 1.14. The maximum atomic E-state index is 2.76. The molecule has 72 valence electrons. The first-order valence-corrected chi connectivity index (χ1v) is 5.48. The van der Waals surface area contributed by atoms with Crippen LogP contribution >= 0.6 is 9.24 Å². The van der Waals surface area contributed by atoms with Crippen molar-refractivity contribution in [2.24, 2.45) is 0 Å². The Hall–Kier alpha value is -0.390. The van der Waals surface area contributed by atoms with E-state index in [1.807, 2.05) is 0 Å². The van der Waals surface area contributed by atoms with Crippen LogP contribution in [0.1, 0.15) is 11.1 Å². The molecular formula is C11H18NP. The van der Waals surface area contributed by atoms with Gasteiger partial charge in [-0.1, -0.05) is 29.8 Å². The summed E-state index contributed by atoms with van der Waals surface area (Å²) in [6.45, 7) is 4.31.